The summed E-state index contributed by atoms with van der Waals surface area (Å²) in [5, 5.41) is 3.52. The molecule has 0 atom stereocenters. The van der Waals surface area contributed by atoms with Gasteiger partial charge < -0.3 is 4.84 Å². The Hall–Kier alpha value is -2.30. The van der Waals surface area contributed by atoms with Crippen LogP contribution in [0.25, 0.3) is 0 Å². The number of benzene rings is 1. The fourth-order valence-electron chi connectivity index (χ4n) is 2.69. The zero-order valence-electron chi connectivity index (χ0n) is 17.4. The van der Waals surface area contributed by atoms with Crippen molar-refractivity contribution in [3.63, 3.8) is 0 Å². The van der Waals surface area contributed by atoms with Crippen LogP contribution in [0.5, 0.6) is 0 Å². The van der Waals surface area contributed by atoms with E-state index in [0.717, 1.165) is 50.7 Å². The third kappa shape index (κ3) is 13.5. The number of hydrogen-bond acceptors (Lipinski definition) is 3. The van der Waals surface area contributed by atoms with Crippen LogP contribution in [0, 0.1) is 11.6 Å². The van der Waals surface area contributed by atoms with Crippen molar-refractivity contribution in [2.75, 3.05) is 0 Å². The molecule has 160 valence electrons. The summed E-state index contributed by atoms with van der Waals surface area (Å²) < 4.78 is 25.8. The van der Waals surface area contributed by atoms with Gasteiger partial charge in [0.2, 0.25) is 0 Å². The van der Waals surface area contributed by atoms with Crippen molar-refractivity contribution in [3.8, 4) is 0 Å². The lowest BCUT2D eigenvalue weighted by atomic mass is 10.1. The molecule has 0 aliphatic rings. The number of rotatable bonds is 15. The number of oxime groups is 1. The summed E-state index contributed by atoms with van der Waals surface area (Å²) in [7, 11) is 0. The van der Waals surface area contributed by atoms with E-state index in [-0.39, 0.29) is 0 Å². The molecular weight excluding hydrogens is 372 g/mol. The van der Waals surface area contributed by atoms with Crippen LogP contribution in [0.4, 0.5) is 8.78 Å². The third-order valence-electron chi connectivity index (χ3n) is 4.38. The predicted molar refractivity (Wildman–Crippen MR) is 115 cm³/mol. The minimum absolute atomic E-state index is 0.299. The van der Waals surface area contributed by atoms with Crippen LogP contribution in [0.1, 0.15) is 83.1 Å². The molecule has 1 aromatic rings. The van der Waals surface area contributed by atoms with E-state index in [4.69, 9.17) is 4.84 Å². The number of halogens is 2. The van der Waals surface area contributed by atoms with Crippen LogP contribution in [0.2, 0.25) is 0 Å². The van der Waals surface area contributed by atoms with Gasteiger partial charge in [0.05, 0.1) is 6.21 Å². The monoisotopic (exact) mass is 405 g/mol. The van der Waals surface area contributed by atoms with E-state index in [1.54, 1.807) is 0 Å². The summed E-state index contributed by atoms with van der Waals surface area (Å²) in [4.78, 5) is 16.3. The quantitative estimate of drug-likeness (QED) is 0.101. The maximum absolute atomic E-state index is 13.0. The van der Waals surface area contributed by atoms with Crippen molar-refractivity contribution in [3.05, 3.63) is 59.7 Å². The summed E-state index contributed by atoms with van der Waals surface area (Å²) in [5.74, 6) is -2.31. The topological polar surface area (TPSA) is 38.7 Å². The van der Waals surface area contributed by atoms with Gasteiger partial charge in [-0.1, -0.05) is 68.1 Å². The summed E-state index contributed by atoms with van der Waals surface area (Å²) in [6.45, 7) is 2.22. The van der Waals surface area contributed by atoms with Crippen LogP contribution >= 0.6 is 0 Å². The summed E-state index contributed by atoms with van der Waals surface area (Å²) in [5.41, 5.74) is 0.330. The Kier molecular flexibility index (Phi) is 14.2. The molecule has 0 spiro atoms. The minimum Gasteiger partial charge on any atom is -0.318 e. The molecule has 0 saturated carbocycles. The van der Waals surface area contributed by atoms with E-state index >= 15 is 0 Å². The molecule has 0 unspecified atom stereocenters. The van der Waals surface area contributed by atoms with E-state index in [0.29, 0.717) is 12.0 Å². The molecule has 3 nitrogen and oxygen atoms in total. The molecule has 0 radical (unpaired) electrons. The molecule has 0 N–H and O–H groups in total. The van der Waals surface area contributed by atoms with E-state index in [9.17, 15) is 13.6 Å². The zero-order valence-corrected chi connectivity index (χ0v) is 17.4. The van der Waals surface area contributed by atoms with Gasteiger partial charge in [-0.25, -0.2) is 13.6 Å². The molecule has 5 heteroatoms. The SMILES string of the molecule is CCCCCC=CCC=CCCCCCCC(=O)ON=Cc1ccc(F)c(F)c1. The van der Waals surface area contributed by atoms with Crippen LogP contribution < -0.4 is 0 Å². The molecule has 0 aliphatic carbocycles. The highest BCUT2D eigenvalue weighted by molar-refractivity contribution is 5.80. The van der Waals surface area contributed by atoms with E-state index in [1.807, 2.05) is 0 Å². The second-order valence-corrected chi connectivity index (χ2v) is 7.00. The molecule has 0 heterocycles. The van der Waals surface area contributed by atoms with Gasteiger partial charge in [-0.3, -0.25) is 0 Å². The Morgan fingerprint density at radius 1 is 0.931 bits per heavy atom. The molecule has 1 aromatic carbocycles. The smallest absolute Gasteiger partial charge is 0.318 e. The molecule has 0 saturated heterocycles. The Balaban J connectivity index is 1.99. The van der Waals surface area contributed by atoms with Gasteiger partial charge in [-0.05, 0) is 56.2 Å². The highest BCUT2D eigenvalue weighted by atomic mass is 19.2. The first-order valence-electron chi connectivity index (χ1n) is 10.6. The van der Waals surface area contributed by atoms with Crippen LogP contribution in [0.3, 0.4) is 0 Å². The molecule has 0 aromatic heterocycles. The largest absolute Gasteiger partial charge is 0.335 e. The average molecular weight is 406 g/mol. The summed E-state index contributed by atoms with van der Waals surface area (Å²) in [6, 6.07) is 3.35. The first-order valence-corrected chi connectivity index (χ1v) is 10.6. The highest BCUT2D eigenvalue weighted by Crippen LogP contribution is 2.09. The van der Waals surface area contributed by atoms with Crippen LogP contribution in [-0.4, -0.2) is 12.2 Å². The van der Waals surface area contributed by atoms with Gasteiger partial charge in [0.1, 0.15) is 0 Å². The average Bonchev–Trinajstić information content (AvgIpc) is 2.71. The Morgan fingerprint density at radius 2 is 1.62 bits per heavy atom. The first kappa shape index (κ1) is 24.7. The van der Waals surface area contributed by atoms with Crippen molar-refractivity contribution < 1.29 is 18.4 Å². The molecule has 0 fully saturated rings. The van der Waals surface area contributed by atoms with Crippen molar-refractivity contribution in [2.24, 2.45) is 5.16 Å². The molecule has 0 amide bonds. The molecule has 0 bridgehead atoms. The lowest BCUT2D eigenvalue weighted by Gasteiger charge is -1.99. The molecule has 1 rings (SSSR count). The van der Waals surface area contributed by atoms with Crippen molar-refractivity contribution >= 4 is 12.2 Å². The molecule has 29 heavy (non-hydrogen) atoms. The number of unbranched alkanes of at least 4 members (excludes halogenated alkanes) is 7. The van der Waals surface area contributed by atoms with E-state index in [2.05, 4.69) is 36.4 Å². The molecule has 0 aliphatic heterocycles. The normalized spacial score (nSPS) is 11.8. The molecular formula is C24H33F2NO2. The number of nitrogens with zero attached hydrogens (tertiary/aromatic N) is 1. The third-order valence-corrected chi connectivity index (χ3v) is 4.38. The second kappa shape index (κ2) is 16.6. The number of allylic oxidation sites excluding steroid dienone is 4. The van der Waals surface area contributed by atoms with Gasteiger partial charge in [0.15, 0.2) is 11.6 Å². The van der Waals surface area contributed by atoms with Crippen LogP contribution in [0.15, 0.2) is 47.7 Å². The maximum Gasteiger partial charge on any atom is 0.335 e. The number of carbonyl (C=O) groups excluding carboxylic acids is 1. The van der Waals surface area contributed by atoms with Gasteiger partial charge >= 0.3 is 5.97 Å². The lowest BCUT2D eigenvalue weighted by Crippen LogP contribution is -2.00. The van der Waals surface area contributed by atoms with E-state index in [1.165, 1.54) is 38.0 Å². The van der Waals surface area contributed by atoms with Crippen molar-refractivity contribution in [1.29, 1.82) is 0 Å². The summed E-state index contributed by atoms with van der Waals surface area (Å²) >= 11 is 0. The van der Waals surface area contributed by atoms with Gasteiger partial charge in [-0.2, -0.15) is 0 Å². The lowest BCUT2D eigenvalue weighted by molar-refractivity contribution is -0.143. The van der Waals surface area contributed by atoms with Crippen LogP contribution in [-0.2, 0) is 9.63 Å². The predicted octanol–water partition coefficient (Wildman–Crippen LogP) is 7.27. The second-order valence-electron chi connectivity index (χ2n) is 7.00. The standard InChI is InChI=1S/C24H33F2NO2/c1-2-3-4-5-6-7-8-9-10-11-12-13-14-15-16-24(28)29-27-20-21-17-18-22(25)23(26)19-21/h6-7,9-10,17-20H,2-5,8,11-16H2,1H3. The van der Waals surface area contributed by atoms with Gasteiger partial charge in [-0.15, -0.1) is 0 Å². The Bertz CT molecular complexity index is 669. The summed E-state index contributed by atoms with van der Waals surface area (Å²) in [6.07, 6.45) is 21.4. The van der Waals surface area contributed by atoms with Crippen molar-refractivity contribution in [2.45, 2.75) is 77.6 Å². The number of hydrogen-bond donors (Lipinski definition) is 0. The minimum atomic E-state index is -0.964. The van der Waals surface area contributed by atoms with Gasteiger partial charge in [0, 0.05) is 6.42 Å². The first-order chi connectivity index (χ1) is 14.1. The highest BCUT2D eigenvalue weighted by Gasteiger charge is 2.03. The fourth-order valence-corrected chi connectivity index (χ4v) is 2.69. The fraction of sp³-hybridized carbons (Fsp3) is 0.500. The van der Waals surface area contributed by atoms with Gasteiger partial charge in [0.25, 0.3) is 0 Å². The Morgan fingerprint density at radius 3 is 2.31 bits per heavy atom. The zero-order chi connectivity index (χ0) is 21.2. The van der Waals surface area contributed by atoms with Crippen molar-refractivity contribution in [1.82, 2.24) is 0 Å². The number of carbonyl (C=O) groups is 1. The van der Waals surface area contributed by atoms with E-state index < -0.39 is 17.6 Å². The maximum atomic E-state index is 13.0. The Labute approximate surface area is 173 Å².